The standard InChI is InChI=1S/C19H21BrN2O2/c20-17-7-3-1-5-14(17)13-24-18-8-4-2-6-16(18)19(23)22-15-9-11-21-12-10-15/h1-8,15,21H,9-13H2,(H,22,23). The summed E-state index contributed by atoms with van der Waals surface area (Å²) in [6, 6.07) is 15.6. The number of para-hydroxylation sites is 1. The molecule has 1 saturated heterocycles. The van der Waals surface area contributed by atoms with Crippen molar-refractivity contribution in [2.24, 2.45) is 0 Å². The maximum Gasteiger partial charge on any atom is 0.255 e. The quantitative estimate of drug-likeness (QED) is 0.823. The van der Waals surface area contributed by atoms with Crippen molar-refractivity contribution in [1.82, 2.24) is 10.6 Å². The van der Waals surface area contributed by atoms with Crippen LogP contribution in [0.1, 0.15) is 28.8 Å². The highest BCUT2D eigenvalue weighted by molar-refractivity contribution is 9.10. The molecule has 1 aliphatic rings. The summed E-state index contributed by atoms with van der Waals surface area (Å²) in [5.41, 5.74) is 1.63. The first-order chi connectivity index (χ1) is 11.7. The number of ether oxygens (including phenoxy) is 1. The van der Waals surface area contributed by atoms with Crippen molar-refractivity contribution < 1.29 is 9.53 Å². The molecule has 1 aliphatic heterocycles. The fourth-order valence-electron chi connectivity index (χ4n) is 2.78. The minimum Gasteiger partial charge on any atom is -0.488 e. The summed E-state index contributed by atoms with van der Waals surface area (Å²) in [6.07, 6.45) is 1.93. The minimum absolute atomic E-state index is 0.0652. The van der Waals surface area contributed by atoms with Gasteiger partial charge >= 0.3 is 0 Å². The van der Waals surface area contributed by atoms with Gasteiger partial charge in [-0.25, -0.2) is 0 Å². The van der Waals surface area contributed by atoms with Crippen molar-refractivity contribution in [3.63, 3.8) is 0 Å². The van der Waals surface area contributed by atoms with Gasteiger partial charge in [-0.3, -0.25) is 4.79 Å². The van der Waals surface area contributed by atoms with E-state index < -0.39 is 0 Å². The van der Waals surface area contributed by atoms with Gasteiger partial charge in [-0.05, 0) is 44.1 Å². The molecule has 0 atom stereocenters. The van der Waals surface area contributed by atoms with Crippen molar-refractivity contribution in [2.45, 2.75) is 25.5 Å². The average Bonchev–Trinajstić information content (AvgIpc) is 2.62. The van der Waals surface area contributed by atoms with Gasteiger partial charge in [-0.15, -0.1) is 0 Å². The molecule has 0 unspecified atom stereocenters. The Labute approximate surface area is 150 Å². The number of rotatable bonds is 5. The van der Waals surface area contributed by atoms with Crippen LogP contribution >= 0.6 is 15.9 Å². The van der Waals surface area contributed by atoms with Gasteiger partial charge in [0.2, 0.25) is 0 Å². The Bertz CT molecular complexity index is 699. The Balaban J connectivity index is 1.68. The summed E-state index contributed by atoms with van der Waals surface area (Å²) in [5.74, 6) is 0.546. The summed E-state index contributed by atoms with van der Waals surface area (Å²) < 4.78 is 6.91. The molecule has 0 aromatic heterocycles. The zero-order valence-corrected chi connectivity index (χ0v) is 15.0. The summed E-state index contributed by atoms with van der Waals surface area (Å²) in [4.78, 5) is 12.6. The monoisotopic (exact) mass is 388 g/mol. The van der Waals surface area contributed by atoms with Gasteiger partial charge < -0.3 is 15.4 Å². The molecule has 126 valence electrons. The van der Waals surface area contributed by atoms with E-state index in [1.807, 2.05) is 48.5 Å². The van der Waals surface area contributed by atoms with E-state index in [0.29, 0.717) is 17.9 Å². The van der Waals surface area contributed by atoms with Crippen molar-refractivity contribution in [3.05, 3.63) is 64.1 Å². The fourth-order valence-corrected chi connectivity index (χ4v) is 3.18. The molecule has 5 heteroatoms. The zero-order chi connectivity index (χ0) is 16.8. The van der Waals surface area contributed by atoms with E-state index in [0.717, 1.165) is 36.0 Å². The van der Waals surface area contributed by atoms with Gasteiger partial charge in [0, 0.05) is 16.1 Å². The van der Waals surface area contributed by atoms with E-state index in [2.05, 4.69) is 26.6 Å². The van der Waals surface area contributed by atoms with Crippen molar-refractivity contribution >= 4 is 21.8 Å². The molecule has 0 aliphatic carbocycles. The zero-order valence-electron chi connectivity index (χ0n) is 13.4. The molecule has 4 nitrogen and oxygen atoms in total. The van der Waals surface area contributed by atoms with Crippen molar-refractivity contribution in [2.75, 3.05) is 13.1 Å². The highest BCUT2D eigenvalue weighted by atomic mass is 79.9. The first-order valence-electron chi connectivity index (χ1n) is 8.21. The molecule has 2 aromatic rings. The second kappa shape index (κ2) is 8.31. The molecule has 0 spiro atoms. The van der Waals surface area contributed by atoms with Crippen LogP contribution in [0.5, 0.6) is 5.75 Å². The molecule has 2 N–H and O–H groups in total. The van der Waals surface area contributed by atoms with Crippen LogP contribution in [0.25, 0.3) is 0 Å². The van der Waals surface area contributed by atoms with Crippen LogP contribution in [0, 0.1) is 0 Å². The minimum atomic E-state index is -0.0652. The lowest BCUT2D eigenvalue weighted by atomic mass is 10.1. The van der Waals surface area contributed by atoms with Crippen molar-refractivity contribution in [1.29, 1.82) is 0 Å². The fraction of sp³-hybridized carbons (Fsp3) is 0.316. The largest absolute Gasteiger partial charge is 0.488 e. The molecule has 1 amide bonds. The van der Waals surface area contributed by atoms with Crippen LogP contribution in [0.3, 0.4) is 0 Å². The Kier molecular flexibility index (Phi) is 5.88. The molecule has 1 heterocycles. The normalized spacial score (nSPS) is 15.0. The van der Waals surface area contributed by atoms with Gasteiger partial charge in [-0.2, -0.15) is 0 Å². The Morgan fingerprint density at radius 3 is 2.62 bits per heavy atom. The second-order valence-electron chi connectivity index (χ2n) is 5.87. The molecule has 1 fully saturated rings. The third-order valence-electron chi connectivity index (χ3n) is 4.15. The lowest BCUT2D eigenvalue weighted by Gasteiger charge is -2.24. The molecule has 3 rings (SSSR count). The second-order valence-corrected chi connectivity index (χ2v) is 6.73. The lowest BCUT2D eigenvalue weighted by molar-refractivity contribution is 0.0925. The summed E-state index contributed by atoms with van der Waals surface area (Å²) in [5, 5.41) is 6.42. The number of benzene rings is 2. The van der Waals surface area contributed by atoms with Crippen LogP contribution < -0.4 is 15.4 Å². The molecule has 0 bridgehead atoms. The van der Waals surface area contributed by atoms with Crippen LogP contribution in [-0.4, -0.2) is 25.0 Å². The topological polar surface area (TPSA) is 50.4 Å². The van der Waals surface area contributed by atoms with Crippen molar-refractivity contribution in [3.8, 4) is 5.75 Å². The smallest absolute Gasteiger partial charge is 0.255 e. The number of nitrogens with one attached hydrogen (secondary N) is 2. The molecule has 2 aromatic carbocycles. The Morgan fingerprint density at radius 2 is 1.83 bits per heavy atom. The summed E-state index contributed by atoms with van der Waals surface area (Å²) >= 11 is 3.52. The van der Waals surface area contributed by atoms with E-state index in [1.54, 1.807) is 0 Å². The summed E-state index contributed by atoms with van der Waals surface area (Å²) in [6.45, 7) is 2.31. The average molecular weight is 389 g/mol. The molecular weight excluding hydrogens is 368 g/mol. The van der Waals surface area contributed by atoms with E-state index in [9.17, 15) is 4.79 Å². The van der Waals surface area contributed by atoms with Gasteiger partial charge in [0.25, 0.3) is 5.91 Å². The van der Waals surface area contributed by atoms with E-state index in [-0.39, 0.29) is 11.9 Å². The third-order valence-corrected chi connectivity index (χ3v) is 4.92. The molecule has 0 radical (unpaired) electrons. The predicted molar refractivity (Wildman–Crippen MR) is 98.3 cm³/mol. The number of carbonyl (C=O) groups excluding carboxylic acids is 1. The lowest BCUT2D eigenvalue weighted by Crippen LogP contribution is -2.42. The highest BCUT2D eigenvalue weighted by Gasteiger charge is 2.18. The summed E-state index contributed by atoms with van der Waals surface area (Å²) in [7, 11) is 0. The SMILES string of the molecule is O=C(NC1CCNCC1)c1ccccc1OCc1ccccc1Br. The van der Waals surface area contributed by atoms with Crippen LogP contribution in [0.2, 0.25) is 0 Å². The van der Waals surface area contributed by atoms with E-state index in [1.165, 1.54) is 0 Å². The highest BCUT2D eigenvalue weighted by Crippen LogP contribution is 2.22. The number of halogens is 1. The van der Waals surface area contributed by atoms with Crippen LogP contribution in [-0.2, 0) is 6.61 Å². The Morgan fingerprint density at radius 1 is 1.12 bits per heavy atom. The molecular formula is C19H21BrN2O2. The van der Waals surface area contributed by atoms with E-state index in [4.69, 9.17) is 4.74 Å². The molecule has 24 heavy (non-hydrogen) atoms. The molecule has 0 saturated carbocycles. The van der Waals surface area contributed by atoms with Gasteiger partial charge in [0.15, 0.2) is 0 Å². The first-order valence-corrected chi connectivity index (χ1v) is 9.00. The maximum atomic E-state index is 12.6. The predicted octanol–water partition coefficient (Wildman–Crippen LogP) is 3.51. The number of carbonyl (C=O) groups is 1. The van der Waals surface area contributed by atoms with Gasteiger partial charge in [-0.1, -0.05) is 46.3 Å². The third kappa shape index (κ3) is 4.36. The van der Waals surface area contributed by atoms with Gasteiger partial charge in [0.1, 0.15) is 12.4 Å². The number of hydrogen-bond acceptors (Lipinski definition) is 3. The number of piperidine rings is 1. The maximum absolute atomic E-state index is 12.6. The van der Waals surface area contributed by atoms with Crippen LogP contribution in [0.4, 0.5) is 0 Å². The van der Waals surface area contributed by atoms with E-state index >= 15 is 0 Å². The van der Waals surface area contributed by atoms with Gasteiger partial charge in [0.05, 0.1) is 5.56 Å². The number of hydrogen-bond donors (Lipinski definition) is 2. The van der Waals surface area contributed by atoms with Crippen LogP contribution in [0.15, 0.2) is 53.0 Å². The first kappa shape index (κ1) is 17.0. The number of amides is 1. The Hall–Kier alpha value is -1.85.